The van der Waals surface area contributed by atoms with Gasteiger partial charge in [-0.3, -0.25) is 0 Å². The predicted molar refractivity (Wildman–Crippen MR) is 109 cm³/mol. The first-order valence-corrected chi connectivity index (χ1v) is 9.66. The number of nitrogens with zero attached hydrogens (tertiary/aromatic N) is 2. The van der Waals surface area contributed by atoms with Gasteiger partial charge in [-0.15, -0.1) is 0 Å². The molecule has 0 radical (unpaired) electrons. The zero-order chi connectivity index (χ0) is 17.5. The van der Waals surface area contributed by atoms with E-state index in [0.29, 0.717) is 0 Å². The molecule has 2 nitrogen and oxygen atoms in total. The number of fused-ring (bicyclic) bond motifs is 8. The highest BCUT2D eigenvalue weighted by molar-refractivity contribution is 5.88. The van der Waals surface area contributed by atoms with Crippen molar-refractivity contribution >= 4 is 21.5 Å². The Balaban J connectivity index is 1.62. The molecule has 0 spiro atoms. The summed E-state index contributed by atoms with van der Waals surface area (Å²) < 4.78 is 5.05. The van der Waals surface area contributed by atoms with E-state index in [1.165, 1.54) is 49.6 Å². The van der Waals surface area contributed by atoms with Gasteiger partial charge in [0.25, 0.3) is 0 Å². The van der Waals surface area contributed by atoms with Crippen molar-refractivity contribution in [2.45, 2.75) is 19.0 Å². The third kappa shape index (κ3) is 1.66. The van der Waals surface area contributed by atoms with E-state index < -0.39 is 0 Å². The van der Waals surface area contributed by atoms with Crippen LogP contribution in [0.3, 0.4) is 0 Å². The molecule has 4 heterocycles. The van der Waals surface area contributed by atoms with Gasteiger partial charge in [-0.25, -0.2) is 0 Å². The summed E-state index contributed by atoms with van der Waals surface area (Å²) in [6.45, 7) is 0. The number of hydrogen-bond donors (Lipinski definition) is 0. The predicted octanol–water partition coefficient (Wildman–Crippen LogP) is 5.50. The summed E-state index contributed by atoms with van der Waals surface area (Å²) in [4.78, 5) is 0. The third-order valence-electron chi connectivity index (χ3n) is 6.51. The average Bonchev–Trinajstić information content (AvgIpc) is 3.26. The van der Waals surface area contributed by atoms with Crippen LogP contribution in [0.4, 0.5) is 0 Å². The Kier molecular flexibility index (Phi) is 2.42. The smallest absolute Gasteiger partial charge is 0.136 e. The number of aromatic nitrogens is 2. The van der Waals surface area contributed by atoms with E-state index in [1.807, 2.05) is 0 Å². The largest absolute Gasteiger partial charge is 0.325 e. The Labute approximate surface area is 157 Å². The molecular formula is C25H18N2. The van der Waals surface area contributed by atoms with Gasteiger partial charge >= 0.3 is 0 Å². The summed E-state index contributed by atoms with van der Waals surface area (Å²) in [6.07, 6.45) is 6.97. The Morgan fingerprint density at radius 3 is 1.67 bits per heavy atom. The van der Waals surface area contributed by atoms with Crippen LogP contribution >= 0.6 is 0 Å². The standard InChI is InChI=1S/C25H18N2/c1-3-10-20-18(6-1)14-26-22(20)12-16-8-5-9-17-13-23-21-11-4-2-7-19(21)15-27(23)25(26)24(16)17/h1-11,14-15,25H,12-13H2. The van der Waals surface area contributed by atoms with Crippen molar-refractivity contribution in [2.24, 2.45) is 0 Å². The summed E-state index contributed by atoms with van der Waals surface area (Å²) in [5, 5.41) is 5.45. The van der Waals surface area contributed by atoms with Crippen molar-refractivity contribution < 1.29 is 0 Å². The molecular weight excluding hydrogens is 328 g/mol. The van der Waals surface area contributed by atoms with E-state index >= 15 is 0 Å². The van der Waals surface area contributed by atoms with Crippen LogP contribution in [0.2, 0.25) is 0 Å². The van der Waals surface area contributed by atoms with Gasteiger partial charge in [-0.2, -0.15) is 0 Å². The van der Waals surface area contributed by atoms with Crippen LogP contribution in [0.5, 0.6) is 0 Å². The monoisotopic (exact) mass is 346 g/mol. The van der Waals surface area contributed by atoms with Crippen molar-refractivity contribution in [1.82, 2.24) is 9.13 Å². The summed E-state index contributed by atoms with van der Waals surface area (Å²) in [7, 11) is 0. The van der Waals surface area contributed by atoms with E-state index in [9.17, 15) is 0 Å². The van der Waals surface area contributed by atoms with Gasteiger partial charge in [0.1, 0.15) is 6.17 Å². The SMILES string of the molecule is c1cc2c3c(c1)Cc1c4ccccc4cn1C3n1cc3ccccc3c1C2. The highest BCUT2D eigenvalue weighted by Gasteiger charge is 2.34. The fraction of sp³-hybridized carbons (Fsp3) is 0.120. The average molecular weight is 346 g/mol. The molecule has 3 aromatic carbocycles. The zero-order valence-corrected chi connectivity index (χ0v) is 14.9. The van der Waals surface area contributed by atoms with Gasteiger partial charge in [0, 0.05) is 53.0 Å². The highest BCUT2D eigenvalue weighted by Crippen LogP contribution is 2.44. The van der Waals surface area contributed by atoms with Gasteiger partial charge in [-0.1, -0.05) is 66.7 Å². The van der Waals surface area contributed by atoms with Crippen LogP contribution in [0.15, 0.2) is 79.1 Å². The molecule has 0 fully saturated rings. The van der Waals surface area contributed by atoms with Crippen LogP contribution in [-0.2, 0) is 12.8 Å². The second-order valence-corrected chi connectivity index (χ2v) is 7.86. The molecule has 7 rings (SSSR count). The van der Waals surface area contributed by atoms with Crippen molar-refractivity contribution in [2.75, 3.05) is 0 Å². The Morgan fingerprint density at radius 1 is 0.593 bits per heavy atom. The summed E-state index contributed by atoms with van der Waals surface area (Å²) in [5.41, 5.74) is 7.35. The minimum absolute atomic E-state index is 0.225. The molecule has 5 aromatic rings. The van der Waals surface area contributed by atoms with Crippen LogP contribution in [-0.4, -0.2) is 9.13 Å². The molecule has 0 unspecified atom stereocenters. The molecule has 0 N–H and O–H groups in total. The van der Waals surface area contributed by atoms with Crippen LogP contribution in [0.25, 0.3) is 21.5 Å². The van der Waals surface area contributed by atoms with Gasteiger partial charge in [0.2, 0.25) is 0 Å². The van der Waals surface area contributed by atoms with Crippen LogP contribution in [0.1, 0.15) is 34.2 Å². The number of benzene rings is 3. The fourth-order valence-electron chi connectivity index (χ4n) is 5.37. The van der Waals surface area contributed by atoms with Crippen LogP contribution < -0.4 is 0 Å². The third-order valence-corrected chi connectivity index (χ3v) is 6.51. The molecule has 27 heavy (non-hydrogen) atoms. The Hall–Kier alpha value is -3.26. The number of rotatable bonds is 0. The van der Waals surface area contributed by atoms with Crippen LogP contribution in [0, 0.1) is 0 Å². The minimum Gasteiger partial charge on any atom is -0.325 e. The summed E-state index contributed by atoms with van der Waals surface area (Å²) >= 11 is 0. The van der Waals surface area contributed by atoms with Crippen molar-refractivity contribution in [3.05, 3.63) is 107 Å². The first kappa shape index (κ1) is 13.9. The molecule has 0 amide bonds. The van der Waals surface area contributed by atoms with Crippen molar-refractivity contribution in [3.63, 3.8) is 0 Å². The van der Waals surface area contributed by atoms with E-state index in [2.05, 4.69) is 88.3 Å². The molecule has 0 saturated carbocycles. The minimum atomic E-state index is 0.225. The van der Waals surface area contributed by atoms with Crippen molar-refractivity contribution in [3.8, 4) is 0 Å². The van der Waals surface area contributed by atoms with Gasteiger partial charge in [0.15, 0.2) is 0 Å². The zero-order valence-electron chi connectivity index (χ0n) is 14.9. The lowest BCUT2D eigenvalue weighted by Gasteiger charge is -2.36. The maximum atomic E-state index is 2.53. The highest BCUT2D eigenvalue weighted by atomic mass is 15.2. The molecule has 0 atom stereocenters. The van der Waals surface area contributed by atoms with E-state index in [4.69, 9.17) is 0 Å². The molecule has 2 aliphatic heterocycles. The second kappa shape index (κ2) is 4.72. The maximum absolute atomic E-state index is 2.53. The molecule has 2 aromatic heterocycles. The first-order valence-electron chi connectivity index (χ1n) is 9.66. The quantitative estimate of drug-likeness (QED) is 0.343. The van der Waals surface area contributed by atoms with Gasteiger partial charge in [0.05, 0.1) is 0 Å². The van der Waals surface area contributed by atoms with E-state index in [1.54, 1.807) is 0 Å². The molecule has 128 valence electrons. The fourth-order valence-corrected chi connectivity index (χ4v) is 5.37. The Morgan fingerprint density at radius 2 is 1.11 bits per heavy atom. The second-order valence-electron chi connectivity index (χ2n) is 7.86. The maximum Gasteiger partial charge on any atom is 0.136 e. The number of hydrogen-bond acceptors (Lipinski definition) is 0. The lowest BCUT2D eigenvalue weighted by atomic mass is 9.87. The van der Waals surface area contributed by atoms with Gasteiger partial charge in [-0.05, 0) is 21.9 Å². The first-order chi connectivity index (χ1) is 13.4. The summed E-state index contributed by atoms with van der Waals surface area (Å²) in [6, 6.07) is 24.5. The lowest BCUT2D eigenvalue weighted by Crippen LogP contribution is -2.31. The molecule has 2 heteroatoms. The molecule has 0 saturated heterocycles. The normalized spacial score (nSPS) is 15.0. The molecule has 0 aliphatic carbocycles. The molecule has 2 aliphatic rings. The van der Waals surface area contributed by atoms with Crippen molar-refractivity contribution in [1.29, 1.82) is 0 Å². The summed E-state index contributed by atoms with van der Waals surface area (Å²) in [5.74, 6) is 0. The Bertz CT molecular complexity index is 1280. The molecule has 0 bridgehead atoms. The lowest BCUT2D eigenvalue weighted by molar-refractivity contribution is 0.451. The van der Waals surface area contributed by atoms with Gasteiger partial charge < -0.3 is 9.13 Å². The van der Waals surface area contributed by atoms with E-state index in [-0.39, 0.29) is 6.17 Å². The topological polar surface area (TPSA) is 9.86 Å². The van der Waals surface area contributed by atoms with E-state index in [0.717, 1.165) is 12.8 Å².